The van der Waals surface area contributed by atoms with Crippen LogP contribution in [0.25, 0.3) is 0 Å². The van der Waals surface area contributed by atoms with E-state index in [1.807, 2.05) is 12.1 Å². The second-order valence-corrected chi connectivity index (χ2v) is 5.15. The lowest BCUT2D eigenvalue weighted by atomic mass is 10.1. The summed E-state index contributed by atoms with van der Waals surface area (Å²) < 4.78 is 5.19. The molecule has 0 bridgehead atoms. The van der Waals surface area contributed by atoms with Crippen molar-refractivity contribution in [1.82, 2.24) is 10.2 Å². The van der Waals surface area contributed by atoms with Crippen molar-refractivity contribution in [1.29, 1.82) is 0 Å². The summed E-state index contributed by atoms with van der Waals surface area (Å²) in [6.45, 7) is 7.79. The standard InChI is InChI=1S/C15H24N2O/c1-4-14-9-16-12(2)10-17(14)11-13-5-7-15(18-3)8-6-13/h5-8,12,14,16H,4,9-11H2,1-3H3. The molecule has 0 aliphatic carbocycles. The van der Waals surface area contributed by atoms with E-state index in [4.69, 9.17) is 4.74 Å². The largest absolute Gasteiger partial charge is 0.497 e. The Morgan fingerprint density at radius 1 is 1.33 bits per heavy atom. The predicted octanol–water partition coefficient (Wildman–Crippen LogP) is 2.27. The van der Waals surface area contributed by atoms with Crippen LogP contribution in [0.4, 0.5) is 0 Å². The summed E-state index contributed by atoms with van der Waals surface area (Å²) in [7, 11) is 1.71. The number of methoxy groups -OCH3 is 1. The molecule has 18 heavy (non-hydrogen) atoms. The molecular formula is C15H24N2O. The highest BCUT2D eigenvalue weighted by atomic mass is 16.5. The normalized spacial score (nSPS) is 25.1. The third kappa shape index (κ3) is 3.24. The molecular weight excluding hydrogens is 224 g/mol. The van der Waals surface area contributed by atoms with Crippen LogP contribution >= 0.6 is 0 Å². The van der Waals surface area contributed by atoms with Gasteiger partial charge in [-0.2, -0.15) is 0 Å². The molecule has 2 rings (SSSR count). The van der Waals surface area contributed by atoms with Crippen molar-refractivity contribution in [3.63, 3.8) is 0 Å². The number of nitrogens with one attached hydrogen (secondary N) is 1. The molecule has 1 aliphatic rings. The van der Waals surface area contributed by atoms with Crippen LogP contribution in [0.1, 0.15) is 25.8 Å². The molecule has 0 saturated carbocycles. The van der Waals surface area contributed by atoms with Gasteiger partial charge in [0.15, 0.2) is 0 Å². The molecule has 3 heteroatoms. The Labute approximate surface area is 110 Å². The monoisotopic (exact) mass is 248 g/mol. The van der Waals surface area contributed by atoms with Gasteiger partial charge in [0.1, 0.15) is 5.75 Å². The van der Waals surface area contributed by atoms with E-state index >= 15 is 0 Å². The fraction of sp³-hybridized carbons (Fsp3) is 0.600. The molecule has 1 heterocycles. The Morgan fingerprint density at radius 2 is 2.06 bits per heavy atom. The zero-order valence-electron chi connectivity index (χ0n) is 11.6. The van der Waals surface area contributed by atoms with E-state index in [1.165, 1.54) is 12.0 Å². The maximum atomic E-state index is 5.19. The zero-order valence-corrected chi connectivity index (χ0v) is 11.6. The Bertz CT molecular complexity index is 363. The fourth-order valence-corrected chi connectivity index (χ4v) is 2.59. The van der Waals surface area contributed by atoms with E-state index in [1.54, 1.807) is 7.11 Å². The van der Waals surface area contributed by atoms with Gasteiger partial charge in [0.05, 0.1) is 7.11 Å². The van der Waals surface area contributed by atoms with Crippen LogP contribution in [0.5, 0.6) is 5.75 Å². The van der Waals surface area contributed by atoms with Crippen LogP contribution in [0.3, 0.4) is 0 Å². The molecule has 3 nitrogen and oxygen atoms in total. The Balaban J connectivity index is 2.01. The van der Waals surface area contributed by atoms with Crippen LogP contribution in [-0.2, 0) is 6.54 Å². The molecule has 0 amide bonds. The van der Waals surface area contributed by atoms with Gasteiger partial charge < -0.3 is 10.1 Å². The number of rotatable bonds is 4. The first-order valence-corrected chi connectivity index (χ1v) is 6.83. The first-order chi connectivity index (χ1) is 8.72. The van der Waals surface area contributed by atoms with E-state index < -0.39 is 0 Å². The predicted molar refractivity (Wildman–Crippen MR) is 74.9 cm³/mol. The molecule has 100 valence electrons. The molecule has 1 aromatic rings. The summed E-state index contributed by atoms with van der Waals surface area (Å²) in [5.74, 6) is 0.930. The summed E-state index contributed by atoms with van der Waals surface area (Å²) in [6, 6.07) is 9.66. The molecule has 1 aromatic carbocycles. The maximum absolute atomic E-state index is 5.19. The summed E-state index contributed by atoms with van der Waals surface area (Å²) in [5.41, 5.74) is 1.36. The van der Waals surface area contributed by atoms with E-state index in [-0.39, 0.29) is 0 Å². The van der Waals surface area contributed by atoms with E-state index in [2.05, 4.69) is 36.2 Å². The van der Waals surface area contributed by atoms with Crippen molar-refractivity contribution in [2.75, 3.05) is 20.2 Å². The van der Waals surface area contributed by atoms with Crippen molar-refractivity contribution in [2.24, 2.45) is 0 Å². The lowest BCUT2D eigenvalue weighted by Crippen LogP contribution is -2.54. The first-order valence-electron chi connectivity index (χ1n) is 6.83. The summed E-state index contributed by atoms with van der Waals surface area (Å²) in [4.78, 5) is 2.59. The van der Waals surface area contributed by atoms with Crippen LogP contribution in [-0.4, -0.2) is 37.2 Å². The molecule has 2 unspecified atom stereocenters. The topological polar surface area (TPSA) is 24.5 Å². The Hall–Kier alpha value is -1.06. The van der Waals surface area contributed by atoms with E-state index in [0.29, 0.717) is 12.1 Å². The smallest absolute Gasteiger partial charge is 0.118 e. The van der Waals surface area contributed by atoms with Crippen LogP contribution in [0.2, 0.25) is 0 Å². The number of hydrogen-bond acceptors (Lipinski definition) is 3. The molecule has 1 fully saturated rings. The molecule has 0 aromatic heterocycles. The van der Waals surface area contributed by atoms with Gasteiger partial charge in [-0.15, -0.1) is 0 Å². The highest BCUT2D eigenvalue weighted by molar-refractivity contribution is 5.27. The van der Waals surface area contributed by atoms with E-state index in [9.17, 15) is 0 Å². The van der Waals surface area contributed by atoms with Crippen molar-refractivity contribution < 1.29 is 4.74 Å². The average molecular weight is 248 g/mol. The molecule has 0 radical (unpaired) electrons. The van der Waals surface area contributed by atoms with Crippen molar-refractivity contribution in [3.05, 3.63) is 29.8 Å². The second kappa shape index (κ2) is 6.21. The van der Waals surface area contributed by atoms with Gasteiger partial charge >= 0.3 is 0 Å². The zero-order chi connectivity index (χ0) is 13.0. The number of piperazine rings is 1. The maximum Gasteiger partial charge on any atom is 0.118 e. The molecule has 0 spiro atoms. The third-order valence-electron chi connectivity index (χ3n) is 3.74. The second-order valence-electron chi connectivity index (χ2n) is 5.15. The number of benzene rings is 1. The van der Waals surface area contributed by atoms with Gasteiger partial charge in [-0.3, -0.25) is 4.90 Å². The van der Waals surface area contributed by atoms with Gasteiger partial charge in [-0.1, -0.05) is 19.1 Å². The minimum Gasteiger partial charge on any atom is -0.497 e. The molecule has 1 aliphatic heterocycles. The van der Waals surface area contributed by atoms with Gasteiger partial charge in [0.2, 0.25) is 0 Å². The summed E-state index contributed by atoms with van der Waals surface area (Å²) >= 11 is 0. The van der Waals surface area contributed by atoms with Gasteiger partial charge in [0.25, 0.3) is 0 Å². The highest BCUT2D eigenvalue weighted by Gasteiger charge is 2.24. The van der Waals surface area contributed by atoms with Gasteiger partial charge in [-0.25, -0.2) is 0 Å². The summed E-state index contributed by atoms with van der Waals surface area (Å²) in [5, 5.41) is 3.56. The van der Waals surface area contributed by atoms with Crippen LogP contribution < -0.4 is 10.1 Å². The number of ether oxygens (including phenoxy) is 1. The van der Waals surface area contributed by atoms with Crippen molar-refractivity contribution in [2.45, 2.75) is 38.9 Å². The van der Waals surface area contributed by atoms with Crippen molar-refractivity contribution in [3.8, 4) is 5.75 Å². The lowest BCUT2D eigenvalue weighted by Gasteiger charge is -2.39. The first kappa shape index (κ1) is 13.4. The van der Waals surface area contributed by atoms with E-state index in [0.717, 1.165) is 25.4 Å². The minimum absolute atomic E-state index is 0.589. The average Bonchev–Trinajstić information content (AvgIpc) is 2.40. The SMILES string of the molecule is CCC1CNC(C)CN1Cc1ccc(OC)cc1. The highest BCUT2D eigenvalue weighted by Crippen LogP contribution is 2.17. The van der Waals surface area contributed by atoms with Crippen molar-refractivity contribution >= 4 is 0 Å². The van der Waals surface area contributed by atoms with Gasteiger partial charge in [-0.05, 0) is 31.0 Å². The van der Waals surface area contributed by atoms with Crippen LogP contribution in [0, 0.1) is 0 Å². The Kier molecular flexibility index (Phi) is 4.61. The molecule has 2 atom stereocenters. The lowest BCUT2D eigenvalue weighted by molar-refractivity contribution is 0.124. The number of hydrogen-bond donors (Lipinski definition) is 1. The Morgan fingerprint density at radius 3 is 2.67 bits per heavy atom. The molecule has 1 saturated heterocycles. The minimum atomic E-state index is 0.589. The summed E-state index contributed by atoms with van der Waals surface area (Å²) in [6.07, 6.45) is 1.20. The van der Waals surface area contributed by atoms with Crippen LogP contribution in [0.15, 0.2) is 24.3 Å². The van der Waals surface area contributed by atoms with Gasteiger partial charge in [0, 0.05) is 31.7 Å². The third-order valence-corrected chi connectivity index (χ3v) is 3.74. The quantitative estimate of drug-likeness (QED) is 0.884. The fourth-order valence-electron chi connectivity index (χ4n) is 2.59. The molecule has 1 N–H and O–H groups in total. The number of nitrogens with zero attached hydrogens (tertiary/aromatic N) is 1.